The van der Waals surface area contributed by atoms with Crippen molar-refractivity contribution in [1.82, 2.24) is 9.80 Å². The number of hydrogen-bond acceptors (Lipinski definition) is 8. The van der Waals surface area contributed by atoms with Crippen molar-refractivity contribution in [2.45, 2.75) is 39.2 Å². The Bertz CT molecular complexity index is 767. The molecule has 0 amide bonds. The summed E-state index contributed by atoms with van der Waals surface area (Å²) in [4.78, 5) is 18.9. The first-order valence-electron chi connectivity index (χ1n) is 8.82. The minimum Gasteiger partial charge on any atom is -0.358 e. The van der Waals surface area contributed by atoms with Gasteiger partial charge in [0.25, 0.3) is 4.06 Å². The predicted octanol–water partition coefficient (Wildman–Crippen LogP) is 6.10. The summed E-state index contributed by atoms with van der Waals surface area (Å²) < 4.78 is 4.33. The van der Waals surface area contributed by atoms with Gasteiger partial charge in [0.2, 0.25) is 0 Å². The summed E-state index contributed by atoms with van der Waals surface area (Å²) in [7, 11) is 0. The van der Waals surface area contributed by atoms with E-state index in [1.54, 1.807) is 23.5 Å². The van der Waals surface area contributed by atoms with Crippen molar-refractivity contribution in [2.24, 2.45) is 0 Å². The SMILES string of the molecule is CCN(CC)C(=S)SCc1sc(CSC(=S)N(CC)CC)c2sc(=O)sc12. The quantitative estimate of drug-likeness (QED) is 0.407. The van der Waals surface area contributed by atoms with E-state index < -0.39 is 0 Å². The molecule has 0 bridgehead atoms. The van der Waals surface area contributed by atoms with Crippen molar-refractivity contribution in [3.63, 3.8) is 0 Å². The van der Waals surface area contributed by atoms with Gasteiger partial charge in [-0.1, -0.05) is 70.6 Å². The molecule has 2 rings (SSSR count). The summed E-state index contributed by atoms with van der Waals surface area (Å²) >= 11 is 19.1. The van der Waals surface area contributed by atoms with Crippen LogP contribution in [0.25, 0.3) is 9.40 Å². The Kier molecular flexibility index (Phi) is 10.0. The summed E-state index contributed by atoms with van der Waals surface area (Å²) in [6.07, 6.45) is 0. The highest BCUT2D eigenvalue weighted by Crippen LogP contribution is 2.40. The third kappa shape index (κ3) is 6.13. The molecule has 27 heavy (non-hydrogen) atoms. The van der Waals surface area contributed by atoms with E-state index in [2.05, 4.69) is 37.5 Å². The smallest absolute Gasteiger partial charge is 0.288 e. The van der Waals surface area contributed by atoms with Gasteiger partial charge in [0.15, 0.2) is 0 Å². The standard InChI is InChI=1S/C17H24N2OS7/c1-5-18(6-2)15(21)23-9-11-13-14(27-17(20)26-13)12(25-11)10-24-16(22)19(7-3)8-4/h5-10H2,1-4H3. The van der Waals surface area contributed by atoms with E-state index in [9.17, 15) is 4.79 Å². The van der Waals surface area contributed by atoms with E-state index in [4.69, 9.17) is 24.4 Å². The van der Waals surface area contributed by atoms with Gasteiger partial charge >= 0.3 is 0 Å². The van der Waals surface area contributed by atoms with Gasteiger partial charge in [-0.3, -0.25) is 4.79 Å². The molecule has 150 valence electrons. The van der Waals surface area contributed by atoms with Crippen LogP contribution in [0, 0.1) is 0 Å². The lowest BCUT2D eigenvalue weighted by Gasteiger charge is -2.20. The normalized spacial score (nSPS) is 11.1. The highest BCUT2D eigenvalue weighted by atomic mass is 32.2. The van der Waals surface area contributed by atoms with Gasteiger partial charge in [0.05, 0.1) is 9.40 Å². The van der Waals surface area contributed by atoms with Gasteiger partial charge in [0.1, 0.15) is 8.64 Å². The van der Waals surface area contributed by atoms with Crippen LogP contribution < -0.4 is 4.06 Å². The summed E-state index contributed by atoms with van der Waals surface area (Å²) in [5, 5.41) is 0. The first-order valence-corrected chi connectivity index (χ1v) is 14.1. The van der Waals surface area contributed by atoms with Gasteiger partial charge in [-0.15, -0.1) is 11.3 Å². The zero-order chi connectivity index (χ0) is 20.0. The van der Waals surface area contributed by atoms with Crippen LogP contribution in [0.2, 0.25) is 0 Å². The zero-order valence-electron chi connectivity index (χ0n) is 15.9. The summed E-state index contributed by atoms with van der Waals surface area (Å²) in [5.74, 6) is 1.66. The average Bonchev–Trinajstić information content (AvgIpc) is 3.18. The first kappa shape index (κ1) is 23.6. The number of nitrogens with zero attached hydrogens (tertiary/aromatic N) is 2. The maximum absolute atomic E-state index is 12.0. The predicted molar refractivity (Wildman–Crippen MR) is 137 cm³/mol. The molecule has 0 saturated heterocycles. The van der Waals surface area contributed by atoms with E-state index in [0.717, 1.165) is 55.7 Å². The summed E-state index contributed by atoms with van der Waals surface area (Å²) in [6, 6.07) is 0. The molecule has 0 aliphatic carbocycles. The van der Waals surface area contributed by atoms with Crippen molar-refractivity contribution in [3.05, 3.63) is 18.6 Å². The van der Waals surface area contributed by atoms with E-state index in [1.807, 2.05) is 11.3 Å². The minimum absolute atomic E-state index is 0.169. The second-order valence-corrected chi connectivity index (χ2v) is 12.1. The molecule has 0 saturated carbocycles. The third-order valence-electron chi connectivity index (χ3n) is 4.03. The molecule has 0 aliphatic heterocycles. The molecule has 0 aromatic carbocycles. The molecule has 0 aliphatic rings. The van der Waals surface area contributed by atoms with Crippen molar-refractivity contribution >= 4 is 100 Å². The van der Waals surface area contributed by atoms with Crippen LogP contribution in [0.4, 0.5) is 0 Å². The third-order valence-corrected chi connectivity index (χ3v) is 11.2. The maximum Gasteiger partial charge on any atom is 0.288 e. The van der Waals surface area contributed by atoms with Crippen LogP contribution in [0.5, 0.6) is 0 Å². The van der Waals surface area contributed by atoms with Crippen molar-refractivity contribution < 1.29 is 0 Å². The summed E-state index contributed by atoms with van der Waals surface area (Å²) in [5.41, 5.74) is 0. The van der Waals surface area contributed by atoms with Crippen molar-refractivity contribution in [3.8, 4) is 0 Å². The number of thioether (sulfide) groups is 2. The van der Waals surface area contributed by atoms with E-state index in [1.165, 1.54) is 32.4 Å². The van der Waals surface area contributed by atoms with Crippen LogP contribution in [-0.2, 0) is 11.5 Å². The van der Waals surface area contributed by atoms with Crippen LogP contribution >= 0.6 is 82.0 Å². The molecule has 0 N–H and O–H groups in total. The molecule has 0 fully saturated rings. The Morgan fingerprint density at radius 1 is 0.778 bits per heavy atom. The topological polar surface area (TPSA) is 23.6 Å². The van der Waals surface area contributed by atoms with Crippen LogP contribution in [0.1, 0.15) is 37.4 Å². The molecule has 0 radical (unpaired) electrons. The fourth-order valence-corrected chi connectivity index (χ4v) is 9.41. The Balaban J connectivity index is 2.14. The van der Waals surface area contributed by atoms with Gasteiger partial charge in [0, 0.05) is 47.4 Å². The molecule has 2 aromatic heterocycles. The second kappa shape index (κ2) is 11.5. The molecule has 10 heteroatoms. The number of fused-ring (bicyclic) bond motifs is 1. The maximum atomic E-state index is 12.0. The number of rotatable bonds is 8. The minimum atomic E-state index is 0.169. The summed E-state index contributed by atoms with van der Waals surface area (Å²) in [6.45, 7) is 12.2. The Morgan fingerprint density at radius 2 is 1.15 bits per heavy atom. The van der Waals surface area contributed by atoms with E-state index >= 15 is 0 Å². The highest BCUT2D eigenvalue weighted by Gasteiger charge is 2.18. The zero-order valence-corrected chi connectivity index (χ0v) is 21.6. The fourth-order valence-electron chi connectivity index (χ4n) is 2.48. The van der Waals surface area contributed by atoms with Crippen LogP contribution in [-0.4, -0.2) is 44.6 Å². The van der Waals surface area contributed by atoms with Gasteiger partial charge in [-0.05, 0) is 27.7 Å². The molecule has 2 heterocycles. The molecular weight excluding hydrogens is 473 g/mol. The first-order chi connectivity index (χ1) is 12.9. The van der Waals surface area contributed by atoms with E-state index in [0.29, 0.717) is 0 Å². The average molecular weight is 497 g/mol. The number of thiophene rings is 1. The second-order valence-electron chi connectivity index (χ2n) is 5.51. The Hall–Kier alpha value is 0.290. The van der Waals surface area contributed by atoms with Gasteiger partial charge in [-0.2, -0.15) is 0 Å². The molecule has 2 aromatic rings. The number of hydrogen-bond donors (Lipinski definition) is 0. The lowest BCUT2D eigenvalue weighted by Crippen LogP contribution is -2.26. The monoisotopic (exact) mass is 496 g/mol. The Morgan fingerprint density at radius 3 is 1.48 bits per heavy atom. The lowest BCUT2D eigenvalue weighted by atomic mass is 10.4. The van der Waals surface area contributed by atoms with Crippen molar-refractivity contribution in [1.29, 1.82) is 0 Å². The van der Waals surface area contributed by atoms with Crippen molar-refractivity contribution in [2.75, 3.05) is 26.2 Å². The molecular formula is C17H24N2OS7. The highest BCUT2D eigenvalue weighted by molar-refractivity contribution is 8.22. The molecule has 3 nitrogen and oxygen atoms in total. The molecule has 0 atom stereocenters. The van der Waals surface area contributed by atoms with Crippen LogP contribution in [0.15, 0.2) is 4.79 Å². The van der Waals surface area contributed by atoms with Crippen LogP contribution in [0.3, 0.4) is 0 Å². The largest absolute Gasteiger partial charge is 0.358 e. The van der Waals surface area contributed by atoms with Gasteiger partial charge in [-0.25, -0.2) is 0 Å². The lowest BCUT2D eigenvalue weighted by molar-refractivity contribution is 0.482. The fraction of sp³-hybridized carbons (Fsp3) is 0.588. The Labute approximate surface area is 192 Å². The molecule has 0 spiro atoms. The number of thiocarbonyl (C=S) groups is 2. The molecule has 0 unspecified atom stereocenters. The van der Waals surface area contributed by atoms with E-state index in [-0.39, 0.29) is 4.06 Å². The van der Waals surface area contributed by atoms with Gasteiger partial charge < -0.3 is 9.80 Å².